The summed E-state index contributed by atoms with van der Waals surface area (Å²) in [7, 11) is 2.74. The highest BCUT2D eigenvalue weighted by Gasteiger charge is 2.37. The Morgan fingerprint density at radius 2 is 1.80 bits per heavy atom. The van der Waals surface area contributed by atoms with Crippen LogP contribution >= 0.6 is 0 Å². The lowest BCUT2D eigenvalue weighted by Gasteiger charge is -2.11. The van der Waals surface area contributed by atoms with Crippen LogP contribution in [-0.4, -0.2) is 20.9 Å². The number of fused-ring (bicyclic) bond motifs is 1. The summed E-state index contributed by atoms with van der Waals surface area (Å²) < 4.78 is 14.9. The molecule has 0 aliphatic carbocycles. The molecule has 130 valence electrons. The minimum Gasteiger partial charge on any atom is -0.326 e. The Balaban J connectivity index is 1.89. The van der Waals surface area contributed by atoms with E-state index < -0.39 is 34.8 Å². The first-order valence-electron chi connectivity index (χ1n) is 7.45. The second kappa shape index (κ2) is 6.00. The lowest BCUT2D eigenvalue weighted by molar-refractivity contribution is -0.122. The van der Waals surface area contributed by atoms with Crippen LogP contribution in [0.15, 0.2) is 33.9 Å². The van der Waals surface area contributed by atoms with Gasteiger partial charge in [0, 0.05) is 26.2 Å². The van der Waals surface area contributed by atoms with Crippen LogP contribution in [0.2, 0.25) is 0 Å². The maximum atomic E-state index is 12.9. The van der Waals surface area contributed by atoms with Gasteiger partial charge in [0.15, 0.2) is 0 Å². The fraction of sp³-hybridized carbons (Fsp3) is 0.250. The Labute approximate surface area is 140 Å². The minimum absolute atomic E-state index is 0.0869. The van der Waals surface area contributed by atoms with Gasteiger partial charge in [-0.3, -0.25) is 23.5 Å². The number of halogens is 1. The zero-order valence-electron chi connectivity index (χ0n) is 13.5. The van der Waals surface area contributed by atoms with Gasteiger partial charge in [0.2, 0.25) is 11.8 Å². The first kappa shape index (κ1) is 16.6. The van der Waals surface area contributed by atoms with Crippen molar-refractivity contribution >= 4 is 23.3 Å². The van der Waals surface area contributed by atoms with Gasteiger partial charge in [0.05, 0.1) is 11.5 Å². The molecule has 0 saturated carbocycles. The molecule has 0 spiro atoms. The van der Waals surface area contributed by atoms with Crippen molar-refractivity contribution in [2.45, 2.75) is 12.3 Å². The summed E-state index contributed by atoms with van der Waals surface area (Å²) in [4.78, 5) is 48.7. The van der Waals surface area contributed by atoms with Crippen molar-refractivity contribution in [3.63, 3.8) is 0 Å². The molecule has 0 fully saturated rings. The zero-order chi connectivity index (χ0) is 18.3. The van der Waals surface area contributed by atoms with Crippen molar-refractivity contribution in [2.24, 2.45) is 14.1 Å². The molecule has 9 heteroatoms. The molecule has 1 atom stereocenters. The van der Waals surface area contributed by atoms with Gasteiger partial charge in [-0.2, -0.15) is 0 Å². The molecule has 1 aliphatic heterocycles. The molecule has 1 aliphatic rings. The average Bonchev–Trinajstić information content (AvgIpc) is 2.90. The van der Waals surface area contributed by atoms with Crippen LogP contribution < -0.4 is 21.9 Å². The average molecular weight is 346 g/mol. The molecule has 3 rings (SSSR count). The summed E-state index contributed by atoms with van der Waals surface area (Å²) in [6.45, 7) is 0. The fourth-order valence-corrected chi connectivity index (χ4v) is 2.80. The summed E-state index contributed by atoms with van der Waals surface area (Å²) in [6, 6.07) is 5.16. The molecule has 2 heterocycles. The third-order valence-electron chi connectivity index (χ3n) is 4.12. The number of nitrogens with zero attached hydrogens (tertiary/aromatic N) is 2. The van der Waals surface area contributed by atoms with Crippen molar-refractivity contribution in [3.05, 3.63) is 56.5 Å². The van der Waals surface area contributed by atoms with E-state index in [1.807, 2.05) is 0 Å². The van der Waals surface area contributed by atoms with Gasteiger partial charge in [0.25, 0.3) is 5.56 Å². The molecule has 25 heavy (non-hydrogen) atoms. The van der Waals surface area contributed by atoms with E-state index >= 15 is 0 Å². The molecule has 0 saturated heterocycles. The number of hydrogen-bond acceptors (Lipinski definition) is 4. The van der Waals surface area contributed by atoms with Crippen molar-refractivity contribution in [1.82, 2.24) is 9.13 Å². The van der Waals surface area contributed by atoms with Crippen LogP contribution in [0.5, 0.6) is 0 Å². The smallest absolute Gasteiger partial charge is 0.326 e. The normalized spacial score (nSPS) is 15.6. The molecular formula is C16H15FN4O4. The summed E-state index contributed by atoms with van der Waals surface area (Å²) in [5.74, 6) is -2.36. The van der Waals surface area contributed by atoms with E-state index in [0.29, 0.717) is 5.69 Å². The van der Waals surface area contributed by atoms with Gasteiger partial charge >= 0.3 is 5.69 Å². The van der Waals surface area contributed by atoms with Crippen molar-refractivity contribution in [2.75, 3.05) is 10.6 Å². The number of rotatable bonds is 3. The summed E-state index contributed by atoms with van der Waals surface area (Å²) in [6.07, 6.45) is -0.274. The van der Waals surface area contributed by atoms with Crippen LogP contribution in [0.25, 0.3) is 0 Å². The highest BCUT2D eigenvalue weighted by molar-refractivity contribution is 6.05. The molecule has 0 unspecified atom stereocenters. The SMILES string of the molecule is Cn1c2c(c(=O)n(C)c1=O)[C@H](CC(=O)Nc1ccc(F)cc1)C(=O)N2. The number of hydrogen-bond donors (Lipinski definition) is 2. The Morgan fingerprint density at radius 1 is 1.16 bits per heavy atom. The molecular weight excluding hydrogens is 331 g/mol. The topological polar surface area (TPSA) is 102 Å². The molecule has 2 N–H and O–H groups in total. The highest BCUT2D eigenvalue weighted by atomic mass is 19.1. The lowest BCUT2D eigenvalue weighted by Crippen LogP contribution is -2.39. The largest absolute Gasteiger partial charge is 0.332 e. The number of anilines is 2. The van der Waals surface area contributed by atoms with Crippen LogP contribution in [0.3, 0.4) is 0 Å². The number of aromatic nitrogens is 2. The van der Waals surface area contributed by atoms with Gasteiger partial charge in [0.1, 0.15) is 11.6 Å². The first-order valence-corrected chi connectivity index (χ1v) is 7.45. The monoisotopic (exact) mass is 346 g/mol. The molecule has 1 aromatic heterocycles. The van der Waals surface area contributed by atoms with Gasteiger partial charge < -0.3 is 10.6 Å². The highest BCUT2D eigenvalue weighted by Crippen LogP contribution is 2.31. The number of nitrogens with one attached hydrogen (secondary N) is 2. The molecule has 2 amide bonds. The zero-order valence-corrected chi connectivity index (χ0v) is 13.5. The van der Waals surface area contributed by atoms with E-state index in [-0.39, 0.29) is 17.8 Å². The predicted octanol–water partition coefficient (Wildman–Crippen LogP) is 0.288. The maximum Gasteiger partial charge on any atom is 0.332 e. The summed E-state index contributed by atoms with van der Waals surface area (Å²) in [5, 5.41) is 5.03. The summed E-state index contributed by atoms with van der Waals surface area (Å²) >= 11 is 0. The number of carbonyl (C=O) groups excluding carboxylic acids is 2. The lowest BCUT2D eigenvalue weighted by atomic mass is 9.99. The standard InChI is InChI=1S/C16H15FN4O4/c1-20-13-12(15(24)21(2)16(20)25)10(14(23)19-13)7-11(22)18-9-5-3-8(17)4-6-9/h3-6,10H,7H2,1-2H3,(H,18,22)(H,19,23)/t10-/m0/s1. The third kappa shape index (κ3) is 2.84. The third-order valence-corrected chi connectivity index (χ3v) is 4.12. The second-order valence-electron chi connectivity index (χ2n) is 5.77. The number of carbonyl (C=O) groups is 2. The minimum atomic E-state index is -0.999. The first-order chi connectivity index (χ1) is 11.8. The van der Waals surface area contributed by atoms with Gasteiger partial charge in [-0.15, -0.1) is 0 Å². The van der Waals surface area contributed by atoms with Crippen LogP contribution in [0.1, 0.15) is 17.9 Å². The Kier molecular flexibility index (Phi) is 3.99. The molecule has 8 nitrogen and oxygen atoms in total. The Morgan fingerprint density at radius 3 is 2.44 bits per heavy atom. The van der Waals surface area contributed by atoms with Crippen molar-refractivity contribution in [3.8, 4) is 0 Å². The molecule has 0 radical (unpaired) electrons. The number of benzene rings is 1. The second-order valence-corrected chi connectivity index (χ2v) is 5.77. The van der Waals surface area contributed by atoms with E-state index in [0.717, 1.165) is 9.13 Å². The van der Waals surface area contributed by atoms with Crippen molar-refractivity contribution in [1.29, 1.82) is 0 Å². The predicted molar refractivity (Wildman–Crippen MR) is 87.9 cm³/mol. The van der Waals surface area contributed by atoms with E-state index in [1.165, 1.54) is 38.4 Å². The van der Waals surface area contributed by atoms with Gasteiger partial charge in [-0.05, 0) is 24.3 Å². The van der Waals surface area contributed by atoms with E-state index in [9.17, 15) is 23.6 Å². The molecule has 0 bridgehead atoms. The van der Waals surface area contributed by atoms with E-state index in [4.69, 9.17) is 0 Å². The Bertz CT molecular complexity index is 991. The maximum absolute atomic E-state index is 12.9. The summed E-state index contributed by atoms with van der Waals surface area (Å²) in [5.41, 5.74) is -0.723. The Hall–Kier alpha value is -3.23. The van der Waals surface area contributed by atoms with Crippen LogP contribution in [0.4, 0.5) is 15.9 Å². The van der Waals surface area contributed by atoms with Crippen LogP contribution in [-0.2, 0) is 23.7 Å². The molecule has 2 aromatic rings. The number of amides is 2. The van der Waals surface area contributed by atoms with Crippen molar-refractivity contribution < 1.29 is 14.0 Å². The fourth-order valence-electron chi connectivity index (χ4n) is 2.80. The van der Waals surface area contributed by atoms with Crippen LogP contribution in [0, 0.1) is 5.82 Å². The van der Waals surface area contributed by atoms with Gasteiger partial charge in [-0.1, -0.05) is 0 Å². The molecule has 1 aromatic carbocycles. The quantitative estimate of drug-likeness (QED) is 0.834. The van der Waals surface area contributed by atoms with E-state index in [2.05, 4.69) is 10.6 Å². The van der Waals surface area contributed by atoms with E-state index in [1.54, 1.807) is 0 Å². The van der Waals surface area contributed by atoms with Gasteiger partial charge in [-0.25, -0.2) is 9.18 Å².